The van der Waals surface area contributed by atoms with Crippen molar-refractivity contribution in [2.24, 2.45) is 0 Å². The zero-order valence-corrected chi connectivity index (χ0v) is 19.3. The maximum Gasteiger partial charge on any atom is 0.337 e. The first-order valence-electron chi connectivity index (χ1n) is 10.8. The summed E-state index contributed by atoms with van der Waals surface area (Å²) >= 11 is 0. The third kappa shape index (κ3) is 5.23. The second-order valence-electron chi connectivity index (χ2n) is 7.78. The lowest BCUT2D eigenvalue weighted by molar-refractivity contribution is -0.112. The minimum atomic E-state index is -0.511. The molecule has 0 atom stereocenters. The minimum Gasteiger partial charge on any atom is -0.497 e. The fraction of sp³-hybridized carbons (Fsp3) is 0.107. The summed E-state index contributed by atoms with van der Waals surface area (Å²) in [5, 5.41) is 13.3. The normalized spacial score (nSPS) is 11.1. The Morgan fingerprint density at radius 3 is 2.60 bits per heavy atom. The van der Waals surface area contributed by atoms with Crippen molar-refractivity contribution in [1.82, 2.24) is 4.57 Å². The molecule has 0 fully saturated rings. The molecule has 0 aliphatic heterocycles. The lowest BCUT2D eigenvalue weighted by Crippen LogP contribution is -2.13. The Hall–Kier alpha value is -4.83. The van der Waals surface area contributed by atoms with Crippen molar-refractivity contribution in [2.45, 2.75) is 6.54 Å². The van der Waals surface area contributed by atoms with E-state index in [1.54, 1.807) is 49.6 Å². The van der Waals surface area contributed by atoms with E-state index in [2.05, 4.69) is 5.32 Å². The van der Waals surface area contributed by atoms with Gasteiger partial charge in [-0.05, 0) is 42.0 Å². The standard InChI is InChI=1S/C28H23N3O4/c1-34-24-10-6-9-23(15-24)30-27(32)21(16-29)14-22-18-31(26-12-4-3-11-25(22)26)17-19-7-5-8-20(13-19)28(33)35-2/h3-15,18H,17H2,1-2H3,(H,30,32)/b21-14+. The summed E-state index contributed by atoms with van der Waals surface area (Å²) in [6.45, 7) is 0.497. The summed E-state index contributed by atoms with van der Waals surface area (Å²) in [5.41, 5.74) is 3.57. The average Bonchev–Trinajstić information content (AvgIpc) is 3.23. The molecule has 3 aromatic carbocycles. The van der Waals surface area contributed by atoms with Crippen LogP contribution < -0.4 is 10.1 Å². The van der Waals surface area contributed by atoms with Crippen molar-refractivity contribution in [1.29, 1.82) is 5.26 Å². The van der Waals surface area contributed by atoms with Gasteiger partial charge in [-0.1, -0.05) is 36.4 Å². The van der Waals surface area contributed by atoms with Crippen LogP contribution >= 0.6 is 0 Å². The van der Waals surface area contributed by atoms with E-state index in [1.807, 2.05) is 53.2 Å². The van der Waals surface area contributed by atoms with E-state index < -0.39 is 11.9 Å². The average molecular weight is 466 g/mol. The fourth-order valence-electron chi connectivity index (χ4n) is 3.84. The van der Waals surface area contributed by atoms with E-state index in [-0.39, 0.29) is 5.57 Å². The summed E-state index contributed by atoms with van der Waals surface area (Å²) in [7, 11) is 2.90. The first-order chi connectivity index (χ1) is 17.0. The van der Waals surface area contributed by atoms with E-state index in [1.165, 1.54) is 7.11 Å². The van der Waals surface area contributed by atoms with Crippen LogP contribution in [0.2, 0.25) is 0 Å². The summed E-state index contributed by atoms with van der Waals surface area (Å²) < 4.78 is 12.0. The maximum absolute atomic E-state index is 12.8. The topological polar surface area (TPSA) is 93.4 Å². The number of carbonyl (C=O) groups is 2. The van der Waals surface area contributed by atoms with Crippen LogP contribution in [0.3, 0.4) is 0 Å². The second kappa shape index (κ2) is 10.4. The van der Waals surface area contributed by atoms with Gasteiger partial charge < -0.3 is 19.4 Å². The van der Waals surface area contributed by atoms with Crippen molar-refractivity contribution in [3.63, 3.8) is 0 Å². The summed E-state index contributed by atoms with van der Waals surface area (Å²) in [6.07, 6.45) is 3.48. The SMILES string of the molecule is COC(=O)c1cccc(Cn2cc(/C=C(\C#N)C(=O)Nc3cccc(OC)c3)c3ccccc32)c1. The third-order valence-electron chi connectivity index (χ3n) is 5.51. The van der Waals surface area contributed by atoms with Crippen LogP contribution in [0.5, 0.6) is 5.75 Å². The molecule has 1 heterocycles. The molecule has 0 bridgehead atoms. The number of aromatic nitrogens is 1. The van der Waals surface area contributed by atoms with Crippen LogP contribution in [0.15, 0.2) is 84.6 Å². The van der Waals surface area contributed by atoms with Gasteiger partial charge in [-0.15, -0.1) is 0 Å². The molecule has 0 aliphatic rings. The maximum atomic E-state index is 12.8. The Labute approximate surface area is 202 Å². The predicted octanol–water partition coefficient (Wildman–Crippen LogP) is 5.03. The highest BCUT2D eigenvalue weighted by molar-refractivity contribution is 6.10. The van der Waals surface area contributed by atoms with Gasteiger partial charge in [-0.3, -0.25) is 4.79 Å². The lowest BCUT2D eigenvalue weighted by atomic mass is 10.1. The number of methoxy groups -OCH3 is 2. The first kappa shape index (κ1) is 23.3. The van der Waals surface area contributed by atoms with E-state index in [9.17, 15) is 14.9 Å². The molecule has 0 unspecified atom stereocenters. The number of fused-ring (bicyclic) bond motifs is 1. The number of nitrogens with one attached hydrogen (secondary N) is 1. The van der Waals surface area contributed by atoms with Crippen molar-refractivity contribution < 1.29 is 19.1 Å². The summed E-state index contributed by atoms with van der Waals surface area (Å²) in [6, 6.07) is 23.9. The molecule has 4 rings (SSSR count). The zero-order chi connectivity index (χ0) is 24.8. The number of amides is 1. The Bertz CT molecular complexity index is 1480. The van der Waals surface area contributed by atoms with Gasteiger partial charge in [0.15, 0.2) is 0 Å². The van der Waals surface area contributed by atoms with Crippen LogP contribution in [0.1, 0.15) is 21.5 Å². The number of anilines is 1. The molecule has 35 heavy (non-hydrogen) atoms. The van der Waals surface area contributed by atoms with E-state index in [0.29, 0.717) is 23.5 Å². The number of hydrogen-bond donors (Lipinski definition) is 1. The van der Waals surface area contributed by atoms with E-state index in [4.69, 9.17) is 9.47 Å². The molecular weight excluding hydrogens is 442 g/mol. The smallest absolute Gasteiger partial charge is 0.337 e. The molecule has 174 valence electrons. The molecule has 1 N–H and O–H groups in total. The van der Waals surface area contributed by atoms with Crippen molar-refractivity contribution in [3.8, 4) is 11.8 Å². The highest BCUT2D eigenvalue weighted by Crippen LogP contribution is 2.25. The number of ether oxygens (including phenoxy) is 2. The lowest BCUT2D eigenvalue weighted by Gasteiger charge is -2.07. The molecule has 1 amide bonds. The largest absolute Gasteiger partial charge is 0.497 e. The van der Waals surface area contributed by atoms with Gasteiger partial charge in [0.1, 0.15) is 17.4 Å². The molecule has 0 aliphatic carbocycles. The van der Waals surface area contributed by atoms with Gasteiger partial charge >= 0.3 is 5.97 Å². The molecule has 4 aromatic rings. The number of hydrogen-bond acceptors (Lipinski definition) is 5. The van der Waals surface area contributed by atoms with Crippen LogP contribution in [0.25, 0.3) is 17.0 Å². The molecule has 0 spiro atoms. The van der Waals surface area contributed by atoms with Crippen molar-refractivity contribution in [2.75, 3.05) is 19.5 Å². The highest BCUT2D eigenvalue weighted by Gasteiger charge is 2.14. The molecule has 1 aromatic heterocycles. The highest BCUT2D eigenvalue weighted by atomic mass is 16.5. The van der Waals surface area contributed by atoms with Crippen LogP contribution in [-0.2, 0) is 16.1 Å². The molecule has 0 saturated heterocycles. The van der Waals surface area contributed by atoms with E-state index in [0.717, 1.165) is 22.0 Å². The Kier molecular flexibility index (Phi) is 6.94. The fourth-order valence-corrected chi connectivity index (χ4v) is 3.84. The van der Waals surface area contributed by atoms with Crippen LogP contribution in [-0.4, -0.2) is 30.7 Å². The number of para-hydroxylation sites is 1. The zero-order valence-electron chi connectivity index (χ0n) is 19.3. The Morgan fingerprint density at radius 1 is 1.03 bits per heavy atom. The quantitative estimate of drug-likeness (QED) is 0.235. The summed E-state index contributed by atoms with van der Waals surface area (Å²) in [4.78, 5) is 24.7. The molecule has 7 nitrogen and oxygen atoms in total. The second-order valence-corrected chi connectivity index (χ2v) is 7.78. The molecule has 0 radical (unpaired) electrons. The van der Waals surface area contributed by atoms with Crippen LogP contribution in [0, 0.1) is 11.3 Å². The monoisotopic (exact) mass is 465 g/mol. The van der Waals surface area contributed by atoms with Gasteiger partial charge in [0.2, 0.25) is 0 Å². The van der Waals surface area contributed by atoms with Crippen LogP contribution in [0.4, 0.5) is 5.69 Å². The number of nitriles is 1. The number of rotatable bonds is 7. The van der Waals surface area contributed by atoms with Gasteiger partial charge in [0.25, 0.3) is 5.91 Å². The number of nitrogens with zero attached hydrogens (tertiary/aromatic N) is 2. The van der Waals surface area contributed by atoms with Crippen molar-refractivity contribution in [3.05, 3.63) is 101 Å². The number of benzene rings is 3. The Morgan fingerprint density at radius 2 is 1.83 bits per heavy atom. The predicted molar refractivity (Wildman–Crippen MR) is 134 cm³/mol. The van der Waals surface area contributed by atoms with E-state index >= 15 is 0 Å². The van der Waals surface area contributed by atoms with Gasteiger partial charge in [-0.25, -0.2) is 4.79 Å². The van der Waals surface area contributed by atoms with Gasteiger partial charge in [0, 0.05) is 41.0 Å². The first-order valence-corrected chi connectivity index (χ1v) is 10.8. The summed E-state index contributed by atoms with van der Waals surface area (Å²) in [5.74, 6) is -0.304. The van der Waals surface area contributed by atoms with Gasteiger partial charge in [-0.2, -0.15) is 5.26 Å². The third-order valence-corrected chi connectivity index (χ3v) is 5.51. The molecule has 0 saturated carbocycles. The number of esters is 1. The van der Waals surface area contributed by atoms with Gasteiger partial charge in [0.05, 0.1) is 19.8 Å². The minimum absolute atomic E-state index is 0.0246. The Balaban J connectivity index is 1.66. The van der Waals surface area contributed by atoms with Crippen molar-refractivity contribution >= 4 is 34.5 Å². The molecular formula is C28H23N3O4. The molecule has 7 heteroatoms. The number of carbonyl (C=O) groups excluding carboxylic acids is 2.